The minimum absolute atomic E-state index is 0.706. The number of para-hydroxylation sites is 2. The molecule has 47 heavy (non-hydrogen) atoms. The molecule has 0 fully saturated rings. The van der Waals surface area contributed by atoms with Crippen molar-refractivity contribution in [2.24, 2.45) is 0 Å². The van der Waals surface area contributed by atoms with Crippen LogP contribution >= 0.6 is 0 Å². The fourth-order valence-electron chi connectivity index (χ4n) is 6.29. The molecule has 0 aliphatic heterocycles. The first-order valence-electron chi connectivity index (χ1n) is 20.1. The van der Waals surface area contributed by atoms with Gasteiger partial charge in [-0.1, -0.05) is 198 Å². The monoisotopic (exact) mass is 650 g/mol. The van der Waals surface area contributed by atoms with Crippen LogP contribution in [0.3, 0.4) is 0 Å². The van der Waals surface area contributed by atoms with Crippen molar-refractivity contribution in [3.8, 4) is 0 Å². The van der Waals surface area contributed by atoms with Crippen molar-refractivity contribution in [2.45, 2.75) is 181 Å². The van der Waals surface area contributed by atoms with E-state index in [1.807, 2.05) is 10.1 Å². The van der Waals surface area contributed by atoms with Gasteiger partial charge in [-0.3, -0.25) is 9.68 Å². The number of rotatable bonds is 33. The van der Waals surface area contributed by atoms with Gasteiger partial charge < -0.3 is 0 Å². The topological polar surface area (TPSA) is 24.9 Å². The molecule has 0 unspecified atom stereocenters. The van der Waals surface area contributed by atoms with Gasteiger partial charge in [0.2, 0.25) is 6.17 Å². The third-order valence-electron chi connectivity index (χ3n) is 9.20. The molecule has 0 bridgehead atoms. The first-order valence-corrected chi connectivity index (χ1v) is 20.1. The Balaban J connectivity index is 1.80. The van der Waals surface area contributed by atoms with E-state index in [1.54, 1.807) is 0 Å². The molecule has 0 saturated carbocycles. The molecule has 0 aliphatic rings. The molecule has 0 amide bonds. The highest BCUT2D eigenvalue weighted by Crippen LogP contribution is 2.31. The highest BCUT2D eigenvalue weighted by Gasteiger charge is 2.29. The van der Waals surface area contributed by atoms with Crippen molar-refractivity contribution >= 4 is 11.4 Å². The second kappa shape index (κ2) is 30.1. The summed E-state index contributed by atoms with van der Waals surface area (Å²) in [6, 6.07) is 21.0. The zero-order chi connectivity index (χ0) is 33.5. The van der Waals surface area contributed by atoms with Crippen molar-refractivity contribution in [3.05, 3.63) is 66.8 Å². The highest BCUT2D eigenvalue weighted by molar-refractivity contribution is 5.54. The first-order chi connectivity index (χ1) is 23.3. The number of benzene rings is 2. The van der Waals surface area contributed by atoms with Gasteiger partial charge in [-0.05, 0) is 43.5 Å². The molecule has 267 valence electrons. The average molecular weight is 650 g/mol. The smallest absolute Gasteiger partial charge is 0.207 e. The number of hydrogen-bond donors (Lipinski definition) is 0. The van der Waals surface area contributed by atoms with Gasteiger partial charge in [-0.25, -0.2) is 10.1 Å². The van der Waals surface area contributed by atoms with E-state index in [-0.39, 0.29) is 0 Å². The maximum Gasteiger partial charge on any atom is 0.207 e. The Labute approximate surface area is 291 Å². The Morgan fingerprint density at radius 3 is 0.936 bits per heavy atom. The standard InChI is InChI=1S/C43H73N2O2/c1-4-7-9-11-13-15-17-19-21-23-25-33-39-46-44(41-35-29-27-30-36-41)43(6-3)45(42-37-31-28-32-38-42)47-40-34-26-24-22-20-18-16-14-12-10-8-5-2/h27-32,35-38H,4-26,33-34,39-40H2,1-3H3. The van der Waals surface area contributed by atoms with Gasteiger partial charge in [-0.2, -0.15) is 0 Å². The largest absolute Gasteiger partial charge is 0.271 e. The van der Waals surface area contributed by atoms with Gasteiger partial charge in [0.15, 0.2) is 0 Å². The van der Waals surface area contributed by atoms with Gasteiger partial charge in [0.05, 0.1) is 24.6 Å². The number of anilines is 2. The average Bonchev–Trinajstić information content (AvgIpc) is 3.11. The number of hydrogen-bond acceptors (Lipinski definition) is 4. The van der Waals surface area contributed by atoms with Crippen LogP contribution < -0.4 is 10.1 Å². The predicted molar refractivity (Wildman–Crippen MR) is 205 cm³/mol. The van der Waals surface area contributed by atoms with Gasteiger partial charge in [0.25, 0.3) is 0 Å². The van der Waals surface area contributed by atoms with E-state index in [0.29, 0.717) is 13.2 Å². The van der Waals surface area contributed by atoms with Crippen molar-refractivity contribution in [2.75, 3.05) is 23.3 Å². The van der Waals surface area contributed by atoms with Crippen molar-refractivity contribution in [1.82, 2.24) is 0 Å². The lowest BCUT2D eigenvalue weighted by atomic mass is 10.1. The summed E-state index contributed by atoms with van der Waals surface area (Å²) in [7, 11) is 0. The Hall–Kier alpha value is -2.04. The summed E-state index contributed by atoms with van der Waals surface area (Å²) in [5.41, 5.74) is 2.08. The molecule has 0 aromatic heterocycles. The van der Waals surface area contributed by atoms with Crippen molar-refractivity contribution in [1.29, 1.82) is 0 Å². The van der Waals surface area contributed by atoms with Crippen LogP contribution in [0.15, 0.2) is 60.7 Å². The van der Waals surface area contributed by atoms with Crippen LogP contribution in [-0.2, 0) is 9.68 Å². The molecule has 0 spiro atoms. The van der Waals surface area contributed by atoms with Crippen molar-refractivity contribution < 1.29 is 9.68 Å². The third-order valence-corrected chi connectivity index (χ3v) is 9.20. The molecule has 4 nitrogen and oxygen atoms in total. The Bertz CT molecular complexity index is 835. The Morgan fingerprint density at radius 2 is 0.660 bits per heavy atom. The number of nitrogens with zero attached hydrogens (tertiary/aromatic N) is 2. The summed E-state index contributed by atoms with van der Waals surface area (Å²) in [5.74, 6) is 0. The van der Waals surface area contributed by atoms with Gasteiger partial charge in [0, 0.05) is 0 Å². The number of unbranched alkanes of at least 4 members (excludes halogenated alkanes) is 22. The minimum atomic E-state index is 0.706. The highest BCUT2D eigenvalue weighted by atomic mass is 16.7. The molecular formula is C43H73N2O2. The maximum absolute atomic E-state index is 6.57. The molecule has 2 aromatic carbocycles. The molecule has 2 rings (SSSR count). The molecule has 4 heteroatoms. The second-order valence-electron chi connectivity index (χ2n) is 13.5. The van der Waals surface area contributed by atoms with E-state index in [4.69, 9.17) is 9.68 Å². The van der Waals surface area contributed by atoms with Crippen LogP contribution in [0.1, 0.15) is 181 Å². The van der Waals surface area contributed by atoms with Gasteiger partial charge >= 0.3 is 0 Å². The SMILES string of the molecule is CCCCCCCCCCCCCCON([C](CC)N(OCCCCCCCCCCCCCC)c1ccccc1)c1ccccc1. The lowest BCUT2D eigenvalue weighted by Crippen LogP contribution is -2.42. The Morgan fingerprint density at radius 1 is 0.383 bits per heavy atom. The van der Waals surface area contributed by atoms with E-state index in [2.05, 4.69) is 81.4 Å². The van der Waals surface area contributed by atoms with E-state index < -0.39 is 0 Å². The molecule has 0 saturated heterocycles. The maximum atomic E-state index is 6.57. The van der Waals surface area contributed by atoms with Gasteiger partial charge in [-0.15, -0.1) is 0 Å². The molecule has 0 N–H and O–H groups in total. The summed E-state index contributed by atoms with van der Waals surface area (Å²) in [6.07, 6.45) is 34.0. The summed E-state index contributed by atoms with van der Waals surface area (Å²) < 4.78 is 0. The van der Waals surface area contributed by atoms with E-state index in [1.165, 1.54) is 141 Å². The quantitative estimate of drug-likeness (QED) is 0.0567. The van der Waals surface area contributed by atoms with E-state index in [0.717, 1.165) is 36.8 Å². The minimum Gasteiger partial charge on any atom is -0.271 e. The summed E-state index contributed by atoms with van der Waals surface area (Å²) in [4.78, 5) is 13.1. The zero-order valence-electron chi connectivity index (χ0n) is 31.1. The molecule has 2 aromatic rings. The van der Waals surface area contributed by atoms with Crippen LogP contribution in [0.5, 0.6) is 0 Å². The second-order valence-corrected chi connectivity index (χ2v) is 13.5. The summed E-state index contributed by atoms with van der Waals surface area (Å²) in [6.45, 7) is 8.19. The molecule has 1 radical (unpaired) electrons. The molecule has 0 aliphatic carbocycles. The van der Waals surface area contributed by atoms with Crippen LogP contribution in [0.25, 0.3) is 0 Å². The molecule has 0 atom stereocenters. The molecular weight excluding hydrogens is 576 g/mol. The van der Waals surface area contributed by atoms with Crippen LogP contribution in [0.4, 0.5) is 11.4 Å². The summed E-state index contributed by atoms with van der Waals surface area (Å²) >= 11 is 0. The number of hydroxylamine groups is 2. The van der Waals surface area contributed by atoms with E-state index >= 15 is 0 Å². The zero-order valence-corrected chi connectivity index (χ0v) is 31.1. The fourth-order valence-corrected chi connectivity index (χ4v) is 6.29. The lowest BCUT2D eigenvalue weighted by molar-refractivity contribution is 0.0546. The van der Waals surface area contributed by atoms with Gasteiger partial charge in [0.1, 0.15) is 0 Å². The Kier molecular flexibility index (Phi) is 26.3. The van der Waals surface area contributed by atoms with E-state index in [9.17, 15) is 0 Å². The molecule has 0 heterocycles. The van der Waals surface area contributed by atoms with Crippen LogP contribution in [0.2, 0.25) is 0 Å². The van der Waals surface area contributed by atoms with Crippen LogP contribution in [-0.4, -0.2) is 13.2 Å². The fraction of sp³-hybridized carbons (Fsp3) is 0.698. The normalized spacial score (nSPS) is 11.4. The third kappa shape index (κ3) is 20.2. The lowest BCUT2D eigenvalue weighted by Gasteiger charge is -2.38. The first kappa shape index (κ1) is 41.1. The predicted octanol–water partition coefficient (Wildman–Crippen LogP) is 14.2. The summed E-state index contributed by atoms with van der Waals surface area (Å²) in [5, 5.41) is 4.04. The van der Waals surface area contributed by atoms with Crippen LogP contribution in [0, 0.1) is 6.17 Å². The van der Waals surface area contributed by atoms with Crippen molar-refractivity contribution in [3.63, 3.8) is 0 Å².